The van der Waals surface area contributed by atoms with E-state index in [1.54, 1.807) is 12.1 Å². The smallest absolute Gasteiger partial charge is 0.211 e. The molecule has 0 saturated carbocycles. The number of hydrogen-bond acceptors (Lipinski definition) is 2. The van der Waals surface area contributed by atoms with Crippen molar-refractivity contribution in [2.24, 2.45) is 0 Å². The van der Waals surface area contributed by atoms with Crippen LogP contribution in [0.4, 0.5) is 5.69 Å². The van der Waals surface area contributed by atoms with Crippen molar-refractivity contribution in [3.05, 3.63) is 42.0 Å². The second-order valence-corrected chi connectivity index (χ2v) is 3.13. The lowest BCUT2D eigenvalue weighted by Gasteiger charge is -2.06. The molecule has 0 aliphatic rings. The number of carbonyl (C=O) groups is 2. The van der Waals surface area contributed by atoms with Crippen LogP contribution >= 0.6 is 0 Å². The molecular formula is C12H9NO2. The van der Waals surface area contributed by atoms with Crippen molar-refractivity contribution in [3.8, 4) is 0 Å². The lowest BCUT2D eigenvalue weighted by molar-refractivity contribution is -0.105. The number of hydrogen-bond donors (Lipinski definition) is 1. The monoisotopic (exact) mass is 199 g/mol. The highest BCUT2D eigenvalue weighted by molar-refractivity contribution is 6.05. The van der Waals surface area contributed by atoms with Gasteiger partial charge < -0.3 is 5.32 Å². The Morgan fingerprint density at radius 3 is 2.33 bits per heavy atom. The first-order chi connectivity index (χ1) is 7.36. The molecule has 0 spiro atoms. The lowest BCUT2D eigenvalue weighted by atomic mass is 10.0. The van der Waals surface area contributed by atoms with E-state index in [2.05, 4.69) is 5.32 Å². The molecule has 0 aliphatic heterocycles. The van der Waals surface area contributed by atoms with Crippen molar-refractivity contribution >= 4 is 29.2 Å². The molecule has 0 heterocycles. The van der Waals surface area contributed by atoms with Gasteiger partial charge in [-0.25, -0.2) is 0 Å². The second kappa shape index (κ2) is 3.92. The van der Waals surface area contributed by atoms with Crippen molar-refractivity contribution < 1.29 is 9.59 Å². The van der Waals surface area contributed by atoms with Crippen molar-refractivity contribution in [3.63, 3.8) is 0 Å². The molecule has 0 unspecified atom stereocenters. The van der Waals surface area contributed by atoms with E-state index in [1.165, 1.54) is 0 Å². The third-order valence-corrected chi connectivity index (χ3v) is 2.30. The Balaban J connectivity index is 2.76. The molecule has 0 bridgehead atoms. The van der Waals surface area contributed by atoms with Gasteiger partial charge >= 0.3 is 0 Å². The van der Waals surface area contributed by atoms with Crippen LogP contribution in [0.25, 0.3) is 10.8 Å². The summed E-state index contributed by atoms with van der Waals surface area (Å²) in [5, 5.41) is 4.32. The quantitative estimate of drug-likeness (QED) is 0.770. The molecule has 0 aromatic heterocycles. The Morgan fingerprint density at radius 1 is 0.933 bits per heavy atom. The third kappa shape index (κ3) is 1.59. The molecule has 2 aromatic carbocycles. The molecule has 0 aliphatic carbocycles. The molecule has 0 fully saturated rings. The molecule has 0 atom stereocenters. The number of carbonyl (C=O) groups excluding carboxylic acids is 2. The van der Waals surface area contributed by atoms with Gasteiger partial charge in [0.25, 0.3) is 0 Å². The topological polar surface area (TPSA) is 46.2 Å². The summed E-state index contributed by atoms with van der Waals surface area (Å²) in [4.78, 5) is 21.2. The van der Waals surface area contributed by atoms with Gasteiger partial charge in [-0.05, 0) is 17.5 Å². The third-order valence-electron chi connectivity index (χ3n) is 2.30. The molecule has 3 nitrogen and oxygen atoms in total. The summed E-state index contributed by atoms with van der Waals surface area (Å²) in [6, 6.07) is 10.9. The maximum atomic E-state index is 10.8. The number of benzene rings is 2. The molecule has 1 N–H and O–H groups in total. The minimum Gasteiger partial charge on any atom is -0.328 e. The van der Waals surface area contributed by atoms with Gasteiger partial charge in [0.2, 0.25) is 6.41 Å². The van der Waals surface area contributed by atoms with E-state index >= 15 is 0 Å². The summed E-state index contributed by atoms with van der Waals surface area (Å²) >= 11 is 0. The fourth-order valence-corrected chi connectivity index (χ4v) is 1.61. The molecule has 0 radical (unpaired) electrons. The van der Waals surface area contributed by atoms with Crippen LogP contribution in [-0.2, 0) is 4.79 Å². The zero-order chi connectivity index (χ0) is 10.7. The molecule has 74 valence electrons. The van der Waals surface area contributed by atoms with Gasteiger partial charge in [-0.2, -0.15) is 0 Å². The van der Waals surface area contributed by atoms with Gasteiger partial charge in [0.05, 0.1) is 0 Å². The predicted molar refractivity (Wildman–Crippen MR) is 59.0 cm³/mol. The Kier molecular flexibility index (Phi) is 2.46. The van der Waals surface area contributed by atoms with Crippen LogP contribution in [0, 0.1) is 0 Å². The van der Waals surface area contributed by atoms with Crippen LogP contribution in [0.3, 0.4) is 0 Å². The average molecular weight is 199 g/mol. The Morgan fingerprint density at radius 2 is 1.67 bits per heavy atom. The highest BCUT2D eigenvalue weighted by Crippen LogP contribution is 2.25. The zero-order valence-corrected chi connectivity index (χ0v) is 7.94. The molecule has 15 heavy (non-hydrogen) atoms. The number of fused-ring (bicyclic) bond motifs is 1. The molecule has 0 saturated heterocycles. The van der Waals surface area contributed by atoms with E-state index in [1.807, 2.05) is 24.3 Å². The van der Waals surface area contributed by atoms with Crippen LogP contribution in [0.2, 0.25) is 0 Å². The number of nitrogens with one attached hydrogen (secondary N) is 1. The summed E-state index contributed by atoms with van der Waals surface area (Å²) in [5.41, 5.74) is 1.34. The van der Waals surface area contributed by atoms with Crippen LogP contribution in [0.5, 0.6) is 0 Å². The highest BCUT2D eigenvalue weighted by Gasteiger charge is 2.03. The maximum absolute atomic E-state index is 10.8. The molecule has 2 aromatic rings. The van der Waals surface area contributed by atoms with E-state index in [0.29, 0.717) is 17.7 Å². The summed E-state index contributed by atoms with van der Waals surface area (Å²) in [5.74, 6) is 0. The molecule has 1 amide bonds. The van der Waals surface area contributed by atoms with E-state index in [-0.39, 0.29) is 0 Å². The zero-order valence-electron chi connectivity index (χ0n) is 7.94. The van der Waals surface area contributed by atoms with Gasteiger partial charge in [-0.15, -0.1) is 0 Å². The number of anilines is 1. The van der Waals surface area contributed by atoms with E-state index in [9.17, 15) is 9.59 Å². The lowest BCUT2D eigenvalue weighted by Crippen LogP contribution is -1.95. The largest absolute Gasteiger partial charge is 0.328 e. The second-order valence-electron chi connectivity index (χ2n) is 3.13. The van der Waals surface area contributed by atoms with Crippen LogP contribution in [-0.4, -0.2) is 12.7 Å². The average Bonchev–Trinajstić information content (AvgIpc) is 2.30. The predicted octanol–water partition coefficient (Wildman–Crippen LogP) is 2.22. The molecular weight excluding hydrogens is 190 g/mol. The van der Waals surface area contributed by atoms with E-state index in [4.69, 9.17) is 0 Å². The van der Waals surface area contributed by atoms with Crippen molar-refractivity contribution in [2.75, 3.05) is 5.32 Å². The minimum atomic E-state index is 0.627. The fraction of sp³-hybridized carbons (Fsp3) is 0. The van der Waals surface area contributed by atoms with Crippen molar-refractivity contribution in [1.82, 2.24) is 0 Å². The van der Waals surface area contributed by atoms with Crippen LogP contribution in [0.15, 0.2) is 36.4 Å². The van der Waals surface area contributed by atoms with Gasteiger partial charge in [0.15, 0.2) is 6.29 Å². The highest BCUT2D eigenvalue weighted by atomic mass is 16.1. The summed E-state index contributed by atoms with van der Waals surface area (Å²) in [6.07, 6.45) is 1.44. The van der Waals surface area contributed by atoms with Crippen LogP contribution < -0.4 is 5.32 Å². The normalized spacial score (nSPS) is 9.87. The molecule has 3 heteroatoms. The minimum absolute atomic E-state index is 0.627. The van der Waals surface area contributed by atoms with E-state index in [0.717, 1.165) is 17.1 Å². The number of rotatable bonds is 3. The first-order valence-electron chi connectivity index (χ1n) is 4.54. The first-order valence-corrected chi connectivity index (χ1v) is 4.54. The molecule has 2 rings (SSSR count). The Bertz CT molecular complexity index is 520. The summed E-state index contributed by atoms with van der Waals surface area (Å²) in [7, 11) is 0. The SMILES string of the molecule is O=CNc1ccc(C=O)c2ccccc12. The number of aldehydes is 1. The number of amides is 1. The van der Waals surface area contributed by atoms with Crippen LogP contribution in [0.1, 0.15) is 10.4 Å². The van der Waals surface area contributed by atoms with Crippen molar-refractivity contribution in [2.45, 2.75) is 0 Å². The Hall–Kier alpha value is -2.16. The van der Waals surface area contributed by atoms with E-state index < -0.39 is 0 Å². The van der Waals surface area contributed by atoms with Gasteiger partial charge in [0.1, 0.15) is 0 Å². The van der Waals surface area contributed by atoms with Crippen molar-refractivity contribution in [1.29, 1.82) is 0 Å². The van der Waals surface area contributed by atoms with Gasteiger partial charge in [0, 0.05) is 16.6 Å². The van der Waals surface area contributed by atoms with Gasteiger partial charge in [-0.3, -0.25) is 9.59 Å². The first kappa shape index (κ1) is 9.40. The summed E-state index contributed by atoms with van der Waals surface area (Å²) in [6.45, 7) is 0. The van der Waals surface area contributed by atoms with Gasteiger partial charge in [-0.1, -0.05) is 24.3 Å². The fourth-order valence-electron chi connectivity index (χ4n) is 1.61. The standard InChI is InChI=1S/C12H9NO2/c14-7-9-5-6-12(13-8-15)11-4-2-1-3-10(9)11/h1-8H,(H,13,15). The maximum Gasteiger partial charge on any atom is 0.211 e. The summed E-state index contributed by atoms with van der Waals surface area (Å²) < 4.78 is 0. The Labute approximate surface area is 86.7 Å².